The van der Waals surface area contributed by atoms with E-state index in [1.807, 2.05) is 6.07 Å². The van der Waals surface area contributed by atoms with Gasteiger partial charge in [-0.25, -0.2) is 8.42 Å². The van der Waals surface area contributed by atoms with Crippen molar-refractivity contribution in [2.24, 2.45) is 0 Å². The maximum Gasteiger partial charge on any atom is 0.269 e. The molecular formula is C19H20N4O5S. The molecule has 1 amide bonds. The zero-order valence-corrected chi connectivity index (χ0v) is 17.0. The van der Waals surface area contributed by atoms with Gasteiger partial charge in [0.25, 0.3) is 5.69 Å². The van der Waals surface area contributed by atoms with Gasteiger partial charge in [0.15, 0.2) is 0 Å². The standard InChI is InChI=1S/C19H20N4O5S/c1-14(15-8-6-9-17(11-15)23(25)26)22(3)19(24)13-21(2)29(27,28)18-10-5-4-7-16(18)12-20/h4-11,14H,13H2,1-3H3/t14-/m1/s1. The van der Waals surface area contributed by atoms with Crippen molar-refractivity contribution in [1.29, 1.82) is 5.26 Å². The van der Waals surface area contributed by atoms with Gasteiger partial charge in [0.05, 0.1) is 28.0 Å². The summed E-state index contributed by atoms with van der Waals surface area (Å²) in [6.45, 7) is 1.24. The second kappa shape index (κ2) is 8.81. The SMILES string of the molecule is C[C@H](c1cccc([N+](=O)[O-])c1)N(C)C(=O)CN(C)S(=O)(=O)c1ccccc1C#N. The van der Waals surface area contributed by atoms with Crippen molar-refractivity contribution < 1.29 is 18.1 Å². The van der Waals surface area contributed by atoms with Crippen molar-refractivity contribution in [2.45, 2.75) is 17.9 Å². The summed E-state index contributed by atoms with van der Waals surface area (Å²) in [5.74, 6) is -0.496. The molecule has 0 N–H and O–H groups in total. The number of carbonyl (C=O) groups is 1. The first-order valence-electron chi connectivity index (χ1n) is 8.55. The lowest BCUT2D eigenvalue weighted by Gasteiger charge is -2.27. The molecule has 152 valence electrons. The molecule has 2 aromatic carbocycles. The van der Waals surface area contributed by atoms with E-state index in [1.165, 1.54) is 55.4 Å². The molecule has 10 heteroatoms. The fourth-order valence-electron chi connectivity index (χ4n) is 2.68. The summed E-state index contributed by atoms with van der Waals surface area (Å²) in [6.07, 6.45) is 0. The molecule has 0 saturated carbocycles. The first-order chi connectivity index (χ1) is 13.6. The Labute approximate surface area is 169 Å². The molecule has 0 spiro atoms. The number of non-ortho nitro benzene ring substituents is 1. The molecule has 2 aromatic rings. The van der Waals surface area contributed by atoms with Gasteiger partial charge in [-0.15, -0.1) is 0 Å². The lowest BCUT2D eigenvalue weighted by molar-refractivity contribution is -0.384. The smallest absolute Gasteiger partial charge is 0.269 e. The Bertz CT molecular complexity index is 1080. The van der Waals surface area contributed by atoms with Crippen molar-refractivity contribution in [3.05, 3.63) is 69.8 Å². The molecule has 0 radical (unpaired) electrons. The molecule has 29 heavy (non-hydrogen) atoms. The number of likely N-dealkylation sites (N-methyl/N-ethyl adjacent to an activating group) is 2. The van der Waals surface area contributed by atoms with Crippen LogP contribution in [0.1, 0.15) is 24.1 Å². The summed E-state index contributed by atoms with van der Waals surface area (Å²) in [5, 5.41) is 20.1. The number of benzene rings is 2. The van der Waals surface area contributed by atoms with Crippen molar-refractivity contribution in [1.82, 2.24) is 9.21 Å². The number of sulfonamides is 1. The lowest BCUT2D eigenvalue weighted by Crippen LogP contribution is -2.40. The van der Waals surface area contributed by atoms with Gasteiger partial charge in [0, 0.05) is 26.2 Å². The first kappa shape index (κ1) is 22.0. The average molecular weight is 416 g/mol. The zero-order chi connectivity index (χ0) is 21.8. The Morgan fingerprint density at radius 3 is 2.48 bits per heavy atom. The van der Waals surface area contributed by atoms with Gasteiger partial charge in [-0.2, -0.15) is 9.57 Å². The average Bonchev–Trinajstić information content (AvgIpc) is 2.72. The van der Waals surface area contributed by atoms with E-state index in [1.54, 1.807) is 19.1 Å². The predicted molar refractivity (Wildman–Crippen MR) is 105 cm³/mol. The summed E-state index contributed by atoms with van der Waals surface area (Å²) in [5.41, 5.74) is 0.448. The Kier molecular flexibility index (Phi) is 6.68. The Morgan fingerprint density at radius 1 is 1.21 bits per heavy atom. The molecular weight excluding hydrogens is 396 g/mol. The molecule has 0 aliphatic heterocycles. The number of carbonyl (C=O) groups excluding carboxylic acids is 1. The van der Waals surface area contributed by atoms with E-state index >= 15 is 0 Å². The Balaban J connectivity index is 2.19. The van der Waals surface area contributed by atoms with Crippen molar-refractivity contribution in [2.75, 3.05) is 20.6 Å². The maximum atomic E-state index is 12.8. The summed E-state index contributed by atoms with van der Waals surface area (Å²) in [4.78, 5) is 24.2. The third-order valence-electron chi connectivity index (χ3n) is 4.59. The minimum Gasteiger partial charge on any atom is -0.338 e. The van der Waals surface area contributed by atoms with Gasteiger partial charge in [-0.3, -0.25) is 14.9 Å². The highest BCUT2D eigenvalue weighted by molar-refractivity contribution is 7.89. The number of rotatable bonds is 7. The highest BCUT2D eigenvalue weighted by atomic mass is 32.2. The van der Waals surface area contributed by atoms with Crippen LogP contribution >= 0.6 is 0 Å². The monoisotopic (exact) mass is 416 g/mol. The largest absolute Gasteiger partial charge is 0.338 e. The fourth-order valence-corrected chi connectivity index (χ4v) is 3.93. The van der Waals surface area contributed by atoms with Crippen LogP contribution in [0.15, 0.2) is 53.4 Å². The molecule has 0 aliphatic carbocycles. The highest BCUT2D eigenvalue weighted by Crippen LogP contribution is 2.24. The molecule has 0 aliphatic rings. The second-order valence-electron chi connectivity index (χ2n) is 6.40. The van der Waals surface area contributed by atoms with Crippen LogP contribution in [0.4, 0.5) is 5.69 Å². The summed E-state index contributed by atoms with van der Waals surface area (Å²) in [6, 6.07) is 13.0. The quantitative estimate of drug-likeness (QED) is 0.504. The Hall–Kier alpha value is -3.29. The van der Waals surface area contributed by atoms with Gasteiger partial charge in [0.1, 0.15) is 6.07 Å². The fraction of sp³-hybridized carbons (Fsp3) is 0.263. The maximum absolute atomic E-state index is 12.8. The number of hydrogen-bond acceptors (Lipinski definition) is 6. The number of hydrogen-bond donors (Lipinski definition) is 0. The van der Waals surface area contributed by atoms with E-state index < -0.39 is 33.4 Å². The molecule has 0 saturated heterocycles. The molecule has 0 aromatic heterocycles. The van der Waals surface area contributed by atoms with Crippen LogP contribution in [0.3, 0.4) is 0 Å². The van der Waals surface area contributed by atoms with Crippen LogP contribution in [-0.2, 0) is 14.8 Å². The number of nitrogens with zero attached hydrogens (tertiary/aromatic N) is 4. The third kappa shape index (κ3) is 4.77. The van der Waals surface area contributed by atoms with Crippen LogP contribution in [0.5, 0.6) is 0 Å². The topological polar surface area (TPSA) is 125 Å². The second-order valence-corrected chi connectivity index (χ2v) is 8.42. The van der Waals surface area contributed by atoms with Gasteiger partial charge in [-0.1, -0.05) is 24.3 Å². The van der Waals surface area contributed by atoms with Crippen molar-refractivity contribution in [3.63, 3.8) is 0 Å². The van der Waals surface area contributed by atoms with Gasteiger partial charge in [-0.05, 0) is 24.6 Å². The van der Waals surface area contributed by atoms with E-state index in [0.29, 0.717) is 5.56 Å². The summed E-state index contributed by atoms with van der Waals surface area (Å²) >= 11 is 0. The molecule has 0 fully saturated rings. The van der Waals surface area contributed by atoms with Crippen LogP contribution in [0.2, 0.25) is 0 Å². The number of nitro benzene ring substituents is 1. The molecule has 0 heterocycles. The van der Waals surface area contributed by atoms with Crippen molar-refractivity contribution in [3.8, 4) is 6.07 Å². The minimum atomic E-state index is -4.04. The minimum absolute atomic E-state index is 0.00915. The van der Waals surface area contributed by atoms with E-state index in [2.05, 4.69) is 0 Å². The predicted octanol–water partition coefficient (Wildman–Crippen LogP) is 2.31. The van der Waals surface area contributed by atoms with Gasteiger partial charge < -0.3 is 4.90 Å². The van der Waals surface area contributed by atoms with E-state index in [0.717, 1.165) is 4.31 Å². The molecule has 0 unspecified atom stereocenters. The molecule has 0 bridgehead atoms. The third-order valence-corrected chi connectivity index (χ3v) is 6.45. The van der Waals surface area contributed by atoms with Gasteiger partial charge >= 0.3 is 0 Å². The molecule has 1 atom stereocenters. The number of nitriles is 1. The van der Waals surface area contributed by atoms with Crippen LogP contribution < -0.4 is 0 Å². The lowest BCUT2D eigenvalue weighted by atomic mass is 10.1. The highest BCUT2D eigenvalue weighted by Gasteiger charge is 2.28. The van der Waals surface area contributed by atoms with E-state index in [-0.39, 0.29) is 16.1 Å². The van der Waals surface area contributed by atoms with E-state index in [9.17, 15) is 23.3 Å². The summed E-state index contributed by atoms with van der Waals surface area (Å²) < 4.78 is 26.4. The van der Waals surface area contributed by atoms with Crippen LogP contribution in [0, 0.1) is 21.4 Å². The summed E-state index contributed by atoms with van der Waals surface area (Å²) in [7, 11) is -1.29. The Morgan fingerprint density at radius 2 is 1.86 bits per heavy atom. The number of amides is 1. The van der Waals surface area contributed by atoms with Crippen LogP contribution in [-0.4, -0.2) is 49.1 Å². The van der Waals surface area contributed by atoms with Crippen molar-refractivity contribution >= 4 is 21.6 Å². The number of nitro groups is 1. The first-order valence-corrected chi connectivity index (χ1v) is 9.99. The molecule has 2 rings (SSSR count). The van der Waals surface area contributed by atoms with Gasteiger partial charge in [0.2, 0.25) is 15.9 Å². The van der Waals surface area contributed by atoms with E-state index in [4.69, 9.17) is 5.26 Å². The van der Waals surface area contributed by atoms with Crippen LogP contribution in [0.25, 0.3) is 0 Å². The zero-order valence-electron chi connectivity index (χ0n) is 16.1. The normalized spacial score (nSPS) is 12.2. The molecule has 9 nitrogen and oxygen atoms in total.